The largest absolute Gasteiger partial charge is 0.380 e. The Kier molecular flexibility index (Phi) is 6.68. The highest BCUT2D eigenvalue weighted by molar-refractivity contribution is 5.25. The van der Waals surface area contributed by atoms with Gasteiger partial charge >= 0.3 is 0 Å². The van der Waals surface area contributed by atoms with Gasteiger partial charge in [-0.25, -0.2) is 0 Å². The topological polar surface area (TPSA) is 38.5 Å². The molecule has 0 saturated carbocycles. The van der Waals surface area contributed by atoms with Crippen molar-refractivity contribution in [3.05, 3.63) is 35.4 Å². The smallest absolute Gasteiger partial charge is 0.0713 e. The summed E-state index contributed by atoms with van der Waals surface area (Å²) < 4.78 is 5.18. The van der Waals surface area contributed by atoms with E-state index in [2.05, 4.69) is 36.1 Å². The summed E-state index contributed by atoms with van der Waals surface area (Å²) in [5.41, 5.74) is 8.65. The number of methoxy groups -OCH3 is 1. The van der Waals surface area contributed by atoms with Crippen LogP contribution in [0.5, 0.6) is 0 Å². The van der Waals surface area contributed by atoms with Crippen molar-refractivity contribution >= 4 is 0 Å². The van der Waals surface area contributed by atoms with Crippen LogP contribution >= 0.6 is 0 Å². The van der Waals surface area contributed by atoms with Crippen LogP contribution in [0.15, 0.2) is 24.3 Å². The minimum Gasteiger partial charge on any atom is -0.380 e. The van der Waals surface area contributed by atoms with E-state index in [1.54, 1.807) is 7.11 Å². The number of benzene rings is 1. The van der Waals surface area contributed by atoms with Crippen molar-refractivity contribution in [1.29, 1.82) is 0 Å². The zero-order valence-electron chi connectivity index (χ0n) is 13.6. The lowest BCUT2D eigenvalue weighted by molar-refractivity contribution is 0.184. The number of rotatable bonds is 6. The molecule has 1 aromatic rings. The molecule has 1 aliphatic rings. The summed E-state index contributed by atoms with van der Waals surface area (Å²) in [6.07, 6.45) is 5.30. The fourth-order valence-electron chi connectivity index (χ4n) is 3.41. The van der Waals surface area contributed by atoms with E-state index >= 15 is 0 Å². The molecule has 0 amide bonds. The standard InChI is InChI=1S/C18H30N2O/c1-3-15-5-4-11-20(12-10-15)18(13-19)17-8-6-16(7-9-17)14-21-2/h6-9,15,18H,3-5,10-14,19H2,1-2H3. The number of hydrogen-bond acceptors (Lipinski definition) is 3. The monoisotopic (exact) mass is 290 g/mol. The molecule has 1 aliphatic heterocycles. The Morgan fingerprint density at radius 1 is 1.24 bits per heavy atom. The van der Waals surface area contributed by atoms with E-state index in [9.17, 15) is 0 Å². The first-order valence-corrected chi connectivity index (χ1v) is 8.30. The number of nitrogens with two attached hydrogens (primary N) is 1. The summed E-state index contributed by atoms with van der Waals surface area (Å²) in [4.78, 5) is 2.58. The Labute approximate surface area is 129 Å². The van der Waals surface area contributed by atoms with Crippen LogP contribution in [0, 0.1) is 5.92 Å². The van der Waals surface area contributed by atoms with Crippen molar-refractivity contribution in [2.45, 2.75) is 45.3 Å². The highest BCUT2D eigenvalue weighted by Crippen LogP contribution is 2.27. The van der Waals surface area contributed by atoms with Crippen molar-refractivity contribution in [3.63, 3.8) is 0 Å². The Hall–Kier alpha value is -0.900. The molecular weight excluding hydrogens is 260 g/mol. The van der Waals surface area contributed by atoms with Crippen LogP contribution in [0.4, 0.5) is 0 Å². The van der Waals surface area contributed by atoms with Crippen molar-refractivity contribution in [1.82, 2.24) is 4.90 Å². The van der Waals surface area contributed by atoms with Crippen LogP contribution in [0.1, 0.15) is 49.8 Å². The molecule has 2 atom stereocenters. The minimum atomic E-state index is 0.359. The van der Waals surface area contributed by atoms with E-state index in [1.807, 2.05) is 0 Å². The van der Waals surface area contributed by atoms with E-state index in [0.29, 0.717) is 19.2 Å². The summed E-state index contributed by atoms with van der Waals surface area (Å²) in [5, 5.41) is 0. The van der Waals surface area contributed by atoms with E-state index in [0.717, 1.165) is 5.92 Å². The lowest BCUT2D eigenvalue weighted by atomic mass is 9.98. The third-order valence-electron chi connectivity index (χ3n) is 4.80. The molecule has 1 heterocycles. The molecule has 1 saturated heterocycles. The highest BCUT2D eigenvalue weighted by Gasteiger charge is 2.22. The Bertz CT molecular complexity index is 404. The summed E-state index contributed by atoms with van der Waals surface area (Å²) in [6.45, 7) is 6.05. The molecule has 2 N–H and O–H groups in total. The first kappa shape index (κ1) is 16.5. The van der Waals surface area contributed by atoms with Crippen LogP contribution in [-0.2, 0) is 11.3 Å². The van der Waals surface area contributed by atoms with Gasteiger partial charge in [0, 0.05) is 19.7 Å². The molecule has 3 nitrogen and oxygen atoms in total. The molecular formula is C18H30N2O. The maximum absolute atomic E-state index is 6.08. The number of hydrogen-bond donors (Lipinski definition) is 1. The van der Waals surface area contributed by atoms with Gasteiger partial charge in [-0.15, -0.1) is 0 Å². The molecule has 0 bridgehead atoms. The zero-order chi connectivity index (χ0) is 15.1. The van der Waals surface area contributed by atoms with Crippen LogP contribution < -0.4 is 5.73 Å². The van der Waals surface area contributed by atoms with Gasteiger partial charge in [0.05, 0.1) is 6.61 Å². The van der Waals surface area contributed by atoms with Crippen LogP contribution in [0.2, 0.25) is 0 Å². The third-order valence-corrected chi connectivity index (χ3v) is 4.80. The molecule has 21 heavy (non-hydrogen) atoms. The molecule has 2 rings (SSSR count). The Balaban J connectivity index is 2.04. The predicted molar refractivity (Wildman–Crippen MR) is 88.2 cm³/mol. The number of ether oxygens (including phenoxy) is 1. The Morgan fingerprint density at radius 3 is 2.62 bits per heavy atom. The fraction of sp³-hybridized carbons (Fsp3) is 0.667. The van der Waals surface area contributed by atoms with Gasteiger partial charge in [0.25, 0.3) is 0 Å². The maximum atomic E-state index is 6.08. The minimum absolute atomic E-state index is 0.359. The number of nitrogens with zero attached hydrogens (tertiary/aromatic N) is 1. The van der Waals surface area contributed by atoms with Crippen molar-refractivity contribution in [3.8, 4) is 0 Å². The zero-order valence-corrected chi connectivity index (χ0v) is 13.6. The summed E-state index contributed by atoms with van der Waals surface area (Å²) in [6, 6.07) is 9.11. The fourth-order valence-corrected chi connectivity index (χ4v) is 3.41. The summed E-state index contributed by atoms with van der Waals surface area (Å²) in [5.74, 6) is 0.900. The van der Waals surface area contributed by atoms with Crippen molar-refractivity contribution in [2.75, 3.05) is 26.7 Å². The van der Waals surface area contributed by atoms with Gasteiger partial charge in [-0.05, 0) is 49.4 Å². The molecule has 118 valence electrons. The third kappa shape index (κ3) is 4.53. The van der Waals surface area contributed by atoms with E-state index in [4.69, 9.17) is 10.5 Å². The molecule has 0 radical (unpaired) electrons. The first-order chi connectivity index (χ1) is 10.3. The first-order valence-electron chi connectivity index (χ1n) is 8.30. The second-order valence-electron chi connectivity index (χ2n) is 6.17. The maximum Gasteiger partial charge on any atom is 0.0713 e. The lowest BCUT2D eigenvalue weighted by Gasteiger charge is -2.30. The van der Waals surface area contributed by atoms with Crippen LogP contribution in [-0.4, -0.2) is 31.6 Å². The molecule has 1 aromatic carbocycles. The second kappa shape index (κ2) is 8.52. The molecule has 0 aromatic heterocycles. The van der Waals surface area contributed by atoms with E-state index < -0.39 is 0 Å². The van der Waals surface area contributed by atoms with Gasteiger partial charge in [0.15, 0.2) is 0 Å². The van der Waals surface area contributed by atoms with Gasteiger partial charge in [-0.2, -0.15) is 0 Å². The molecule has 0 spiro atoms. The average Bonchev–Trinajstić information content (AvgIpc) is 2.76. The molecule has 1 fully saturated rings. The van der Waals surface area contributed by atoms with Gasteiger partial charge in [0.2, 0.25) is 0 Å². The van der Waals surface area contributed by atoms with E-state index in [-0.39, 0.29) is 0 Å². The number of likely N-dealkylation sites (tertiary alicyclic amines) is 1. The molecule has 0 aliphatic carbocycles. The molecule has 2 unspecified atom stereocenters. The molecule has 3 heteroatoms. The average molecular weight is 290 g/mol. The lowest BCUT2D eigenvalue weighted by Crippen LogP contribution is -2.34. The van der Waals surface area contributed by atoms with Crippen molar-refractivity contribution < 1.29 is 4.74 Å². The Morgan fingerprint density at radius 2 is 2.00 bits per heavy atom. The highest BCUT2D eigenvalue weighted by atomic mass is 16.5. The van der Waals surface area contributed by atoms with E-state index in [1.165, 1.54) is 49.9 Å². The van der Waals surface area contributed by atoms with Gasteiger partial charge in [0.1, 0.15) is 0 Å². The van der Waals surface area contributed by atoms with Crippen molar-refractivity contribution in [2.24, 2.45) is 11.7 Å². The van der Waals surface area contributed by atoms with Crippen LogP contribution in [0.25, 0.3) is 0 Å². The van der Waals surface area contributed by atoms with Gasteiger partial charge in [-0.3, -0.25) is 4.90 Å². The second-order valence-corrected chi connectivity index (χ2v) is 6.17. The quantitative estimate of drug-likeness (QED) is 0.873. The predicted octanol–water partition coefficient (Wildman–Crippen LogP) is 3.34. The summed E-state index contributed by atoms with van der Waals surface area (Å²) >= 11 is 0. The normalized spacial score (nSPS) is 22.0. The SMILES string of the molecule is CCC1CCCN(C(CN)c2ccc(COC)cc2)CC1. The van der Waals surface area contributed by atoms with Gasteiger partial charge < -0.3 is 10.5 Å². The van der Waals surface area contributed by atoms with Crippen LogP contribution in [0.3, 0.4) is 0 Å². The van der Waals surface area contributed by atoms with Gasteiger partial charge in [-0.1, -0.05) is 37.6 Å². The summed E-state index contributed by atoms with van der Waals surface area (Å²) in [7, 11) is 1.73.